The Hall–Kier alpha value is -2.42. The molecule has 1 atom stereocenters. The Morgan fingerprint density at radius 2 is 2.10 bits per heavy atom. The number of guanidine groups is 1. The van der Waals surface area contributed by atoms with Gasteiger partial charge in [-0.05, 0) is 31.9 Å². The highest BCUT2D eigenvalue weighted by molar-refractivity contribution is 5.81. The Morgan fingerprint density at radius 1 is 1.34 bits per heavy atom. The molecular formula is C20H31F2N5O2. The molecule has 1 aromatic carbocycles. The average molecular weight is 411 g/mol. The van der Waals surface area contributed by atoms with Crippen molar-refractivity contribution >= 4 is 11.9 Å². The van der Waals surface area contributed by atoms with Crippen LogP contribution in [0.25, 0.3) is 0 Å². The van der Waals surface area contributed by atoms with Gasteiger partial charge in [-0.1, -0.05) is 18.2 Å². The number of rotatable bonds is 9. The third-order valence-corrected chi connectivity index (χ3v) is 4.86. The summed E-state index contributed by atoms with van der Waals surface area (Å²) in [6.07, 6.45) is 2.82. The normalized spacial score (nSPS) is 17.4. The molecule has 1 aliphatic rings. The number of likely N-dealkylation sites (N-methyl/N-ethyl adjacent to an activating group) is 1. The standard InChI is InChI=1S/C20H31F2N5O2/c1-23-20(25-14-15-8-4-5-10-17(15)29-19(21)22)24-11-7-13-27-12-6-9-16(27)18(28)26(2)3/h4-5,8,10,16,19H,6-7,9,11-14H2,1-3H3,(H2,23,24,25). The Kier molecular flexibility index (Phi) is 9.11. The van der Waals surface area contributed by atoms with E-state index in [1.54, 1.807) is 44.2 Å². The zero-order valence-corrected chi connectivity index (χ0v) is 17.3. The number of halogens is 2. The fourth-order valence-electron chi connectivity index (χ4n) is 3.42. The van der Waals surface area contributed by atoms with Crippen LogP contribution in [0.5, 0.6) is 5.75 Å². The van der Waals surface area contributed by atoms with Crippen LogP contribution in [-0.2, 0) is 11.3 Å². The number of nitrogens with zero attached hydrogens (tertiary/aromatic N) is 3. The van der Waals surface area contributed by atoms with E-state index >= 15 is 0 Å². The maximum Gasteiger partial charge on any atom is 0.387 e. The first-order valence-corrected chi connectivity index (χ1v) is 9.84. The molecule has 1 saturated heterocycles. The SMILES string of the molecule is CN=C(NCCCN1CCCC1C(=O)N(C)C)NCc1ccccc1OC(F)F. The molecule has 0 bridgehead atoms. The first-order chi connectivity index (χ1) is 13.9. The molecule has 0 radical (unpaired) electrons. The van der Waals surface area contributed by atoms with Gasteiger partial charge in [0.1, 0.15) is 5.75 Å². The number of ether oxygens (including phenoxy) is 1. The third-order valence-electron chi connectivity index (χ3n) is 4.86. The predicted octanol–water partition coefficient (Wildman–Crippen LogP) is 1.90. The highest BCUT2D eigenvalue weighted by Crippen LogP contribution is 2.20. The van der Waals surface area contributed by atoms with Crippen molar-refractivity contribution in [3.8, 4) is 5.75 Å². The highest BCUT2D eigenvalue weighted by Gasteiger charge is 2.30. The molecule has 1 fully saturated rings. The van der Waals surface area contributed by atoms with Gasteiger partial charge in [-0.3, -0.25) is 14.7 Å². The number of para-hydroxylation sites is 1. The van der Waals surface area contributed by atoms with Crippen LogP contribution in [0.3, 0.4) is 0 Å². The van der Waals surface area contributed by atoms with Gasteiger partial charge in [0.15, 0.2) is 5.96 Å². The molecule has 1 heterocycles. The number of carbonyl (C=O) groups is 1. The van der Waals surface area contributed by atoms with E-state index in [2.05, 4.69) is 25.3 Å². The van der Waals surface area contributed by atoms with E-state index in [0.29, 0.717) is 24.6 Å². The number of carbonyl (C=O) groups excluding carboxylic acids is 1. The molecule has 2 rings (SSSR count). The van der Waals surface area contributed by atoms with Crippen molar-refractivity contribution in [3.05, 3.63) is 29.8 Å². The second-order valence-corrected chi connectivity index (χ2v) is 7.12. The van der Waals surface area contributed by atoms with E-state index < -0.39 is 6.61 Å². The van der Waals surface area contributed by atoms with Crippen molar-refractivity contribution in [1.82, 2.24) is 20.4 Å². The molecule has 7 nitrogen and oxygen atoms in total. The number of hydrogen-bond acceptors (Lipinski definition) is 4. The summed E-state index contributed by atoms with van der Waals surface area (Å²) in [6, 6.07) is 6.65. The van der Waals surface area contributed by atoms with Gasteiger partial charge in [0.25, 0.3) is 0 Å². The molecule has 9 heteroatoms. The number of likely N-dealkylation sites (tertiary alicyclic amines) is 1. The molecule has 1 amide bonds. The summed E-state index contributed by atoms with van der Waals surface area (Å²) in [5.41, 5.74) is 0.623. The number of nitrogens with one attached hydrogen (secondary N) is 2. The zero-order chi connectivity index (χ0) is 21.2. The van der Waals surface area contributed by atoms with Crippen molar-refractivity contribution in [2.75, 3.05) is 40.8 Å². The van der Waals surface area contributed by atoms with Crippen molar-refractivity contribution in [3.63, 3.8) is 0 Å². The van der Waals surface area contributed by atoms with E-state index in [1.165, 1.54) is 6.07 Å². The molecule has 0 saturated carbocycles. The van der Waals surface area contributed by atoms with Gasteiger partial charge in [0.05, 0.1) is 6.04 Å². The fraction of sp³-hybridized carbons (Fsp3) is 0.600. The summed E-state index contributed by atoms with van der Waals surface area (Å²) in [7, 11) is 5.24. The second-order valence-electron chi connectivity index (χ2n) is 7.12. The average Bonchev–Trinajstić information content (AvgIpc) is 3.15. The summed E-state index contributed by atoms with van der Waals surface area (Å²) >= 11 is 0. The lowest BCUT2D eigenvalue weighted by atomic mass is 10.2. The van der Waals surface area contributed by atoms with Crippen molar-refractivity contribution < 1.29 is 18.3 Å². The van der Waals surface area contributed by atoms with Crippen LogP contribution in [0.15, 0.2) is 29.3 Å². The number of hydrogen-bond donors (Lipinski definition) is 2. The van der Waals surface area contributed by atoms with Crippen LogP contribution in [0.1, 0.15) is 24.8 Å². The summed E-state index contributed by atoms with van der Waals surface area (Å²) < 4.78 is 29.6. The second kappa shape index (κ2) is 11.5. The smallest absolute Gasteiger partial charge is 0.387 e. The molecule has 29 heavy (non-hydrogen) atoms. The highest BCUT2D eigenvalue weighted by atomic mass is 19.3. The van der Waals surface area contributed by atoms with E-state index in [0.717, 1.165) is 32.4 Å². The Morgan fingerprint density at radius 3 is 2.79 bits per heavy atom. The number of amides is 1. The summed E-state index contributed by atoms with van der Waals surface area (Å²) in [4.78, 5) is 20.3. The van der Waals surface area contributed by atoms with Crippen molar-refractivity contribution in [2.45, 2.75) is 38.5 Å². The van der Waals surface area contributed by atoms with Gasteiger partial charge >= 0.3 is 6.61 Å². The van der Waals surface area contributed by atoms with Gasteiger partial charge < -0.3 is 20.3 Å². The van der Waals surface area contributed by atoms with Gasteiger partial charge in [-0.2, -0.15) is 8.78 Å². The van der Waals surface area contributed by atoms with Crippen LogP contribution in [0.4, 0.5) is 8.78 Å². The third kappa shape index (κ3) is 7.16. The molecule has 1 aliphatic heterocycles. The minimum absolute atomic E-state index is 0.0197. The topological polar surface area (TPSA) is 69.2 Å². The van der Waals surface area contributed by atoms with E-state index in [-0.39, 0.29) is 17.7 Å². The van der Waals surface area contributed by atoms with E-state index in [9.17, 15) is 13.6 Å². The zero-order valence-electron chi connectivity index (χ0n) is 17.3. The summed E-state index contributed by atoms with van der Waals surface area (Å²) in [5, 5.41) is 6.33. The number of benzene rings is 1. The summed E-state index contributed by atoms with van der Waals surface area (Å²) in [6.45, 7) is -0.0814. The van der Waals surface area contributed by atoms with Gasteiger partial charge in [0, 0.05) is 46.3 Å². The van der Waals surface area contributed by atoms with Gasteiger partial charge in [0.2, 0.25) is 5.91 Å². The molecule has 1 unspecified atom stereocenters. The molecule has 0 spiro atoms. The molecule has 162 valence electrons. The van der Waals surface area contributed by atoms with Crippen LogP contribution in [0, 0.1) is 0 Å². The molecule has 0 aliphatic carbocycles. The lowest BCUT2D eigenvalue weighted by Gasteiger charge is -2.26. The molecule has 2 N–H and O–H groups in total. The monoisotopic (exact) mass is 411 g/mol. The maximum atomic E-state index is 12.5. The first-order valence-electron chi connectivity index (χ1n) is 9.84. The molecule has 1 aromatic rings. The van der Waals surface area contributed by atoms with Crippen LogP contribution < -0.4 is 15.4 Å². The largest absolute Gasteiger partial charge is 0.434 e. The van der Waals surface area contributed by atoms with Crippen LogP contribution in [0.2, 0.25) is 0 Å². The Labute approximate surface area is 171 Å². The fourth-order valence-corrected chi connectivity index (χ4v) is 3.42. The Bertz CT molecular complexity index is 685. The van der Waals surface area contributed by atoms with Crippen molar-refractivity contribution in [2.24, 2.45) is 4.99 Å². The predicted molar refractivity (Wildman–Crippen MR) is 109 cm³/mol. The lowest BCUT2D eigenvalue weighted by molar-refractivity contribution is -0.133. The Balaban J connectivity index is 1.75. The lowest BCUT2D eigenvalue weighted by Crippen LogP contribution is -2.44. The van der Waals surface area contributed by atoms with Gasteiger partial charge in [-0.15, -0.1) is 0 Å². The number of aliphatic imine (C=N–C) groups is 1. The van der Waals surface area contributed by atoms with Crippen LogP contribution >= 0.6 is 0 Å². The van der Waals surface area contributed by atoms with E-state index in [4.69, 9.17) is 0 Å². The van der Waals surface area contributed by atoms with E-state index in [1.807, 2.05) is 0 Å². The molecule has 0 aromatic heterocycles. The number of alkyl halides is 2. The molecular weight excluding hydrogens is 380 g/mol. The first kappa shape index (κ1) is 22.9. The van der Waals surface area contributed by atoms with Crippen LogP contribution in [-0.4, -0.2) is 75.1 Å². The summed E-state index contributed by atoms with van der Waals surface area (Å²) in [5.74, 6) is 0.896. The minimum atomic E-state index is -2.86. The minimum Gasteiger partial charge on any atom is -0.434 e. The van der Waals surface area contributed by atoms with Crippen molar-refractivity contribution in [1.29, 1.82) is 0 Å². The quantitative estimate of drug-likeness (QED) is 0.369. The maximum absolute atomic E-state index is 12.5. The van der Waals surface area contributed by atoms with Gasteiger partial charge in [-0.25, -0.2) is 0 Å².